The maximum Gasteiger partial charge on any atom is 0.126 e. The molecule has 1 rings (SSSR count). The van der Waals surface area contributed by atoms with Crippen LogP contribution >= 0.6 is 0 Å². The average molecular weight is 220 g/mol. The summed E-state index contributed by atoms with van der Waals surface area (Å²) in [4.78, 5) is 0. The number of unbranched alkanes of at least 4 members (excludes halogenated alkanes) is 1. The zero-order valence-electron chi connectivity index (χ0n) is 9.95. The summed E-state index contributed by atoms with van der Waals surface area (Å²) in [6.07, 6.45) is 4.08. The molecule has 0 radical (unpaired) electrons. The van der Waals surface area contributed by atoms with Crippen molar-refractivity contribution in [3.63, 3.8) is 0 Å². The molecule has 0 atom stereocenters. The molecular formula is C14H20O2. The maximum atomic E-state index is 5.61. The Bertz CT molecular complexity index is 307. The van der Waals surface area contributed by atoms with Crippen molar-refractivity contribution in [1.29, 1.82) is 0 Å². The van der Waals surface area contributed by atoms with Crippen molar-refractivity contribution in [2.75, 3.05) is 19.8 Å². The first kappa shape index (κ1) is 12.8. The van der Waals surface area contributed by atoms with Crippen LogP contribution in [0.1, 0.15) is 25.3 Å². The van der Waals surface area contributed by atoms with Crippen molar-refractivity contribution in [2.45, 2.75) is 19.8 Å². The Kier molecular flexibility index (Phi) is 6.35. The normalized spacial score (nSPS) is 10.1. The van der Waals surface area contributed by atoms with E-state index in [-0.39, 0.29) is 0 Å². The van der Waals surface area contributed by atoms with Crippen LogP contribution in [0.5, 0.6) is 5.75 Å². The van der Waals surface area contributed by atoms with Gasteiger partial charge in [0.25, 0.3) is 0 Å². The minimum atomic E-state index is 0.592. The highest BCUT2D eigenvalue weighted by Gasteiger charge is 1.98. The first-order valence-corrected chi connectivity index (χ1v) is 5.80. The SMILES string of the molecule is C=Cc1ccccc1OCCOCCCC. The van der Waals surface area contributed by atoms with Crippen LogP contribution in [-0.2, 0) is 4.74 Å². The number of benzene rings is 1. The maximum absolute atomic E-state index is 5.61. The van der Waals surface area contributed by atoms with Gasteiger partial charge >= 0.3 is 0 Å². The Morgan fingerprint density at radius 2 is 2.00 bits per heavy atom. The van der Waals surface area contributed by atoms with Crippen molar-refractivity contribution in [2.24, 2.45) is 0 Å². The van der Waals surface area contributed by atoms with Gasteiger partial charge in [0.15, 0.2) is 0 Å². The lowest BCUT2D eigenvalue weighted by Crippen LogP contribution is -2.07. The molecule has 0 heterocycles. The van der Waals surface area contributed by atoms with Gasteiger partial charge in [-0.15, -0.1) is 0 Å². The molecule has 0 fully saturated rings. The minimum Gasteiger partial charge on any atom is -0.491 e. The number of hydrogen-bond donors (Lipinski definition) is 0. The Labute approximate surface area is 97.9 Å². The summed E-state index contributed by atoms with van der Waals surface area (Å²) in [5.74, 6) is 0.872. The second-order valence-electron chi connectivity index (χ2n) is 3.56. The van der Waals surface area contributed by atoms with E-state index in [1.807, 2.05) is 24.3 Å². The molecular weight excluding hydrogens is 200 g/mol. The van der Waals surface area contributed by atoms with Crippen LogP contribution in [0.15, 0.2) is 30.8 Å². The largest absolute Gasteiger partial charge is 0.491 e. The van der Waals surface area contributed by atoms with Crippen LogP contribution in [0.4, 0.5) is 0 Å². The van der Waals surface area contributed by atoms with Crippen LogP contribution < -0.4 is 4.74 Å². The quantitative estimate of drug-likeness (QED) is 0.624. The molecule has 88 valence electrons. The van der Waals surface area contributed by atoms with E-state index in [4.69, 9.17) is 9.47 Å². The summed E-state index contributed by atoms with van der Waals surface area (Å²) in [6, 6.07) is 7.87. The lowest BCUT2D eigenvalue weighted by molar-refractivity contribution is 0.0980. The van der Waals surface area contributed by atoms with E-state index in [0.717, 1.165) is 24.3 Å². The molecule has 0 aliphatic carbocycles. The van der Waals surface area contributed by atoms with Gasteiger partial charge in [-0.1, -0.05) is 44.2 Å². The standard InChI is InChI=1S/C14H20O2/c1-3-5-10-15-11-12-16-14-9-7-6-8-13(14)4-2/h4,6-9H,2-3,5,10-12H2,1H3. The molecule has 0 bridgehead atoms. The third-order valence-electron chi connectivity index (χ3n) is 2.27. The molecule has 0 aliphatic heterocycles. The fourth-order valence-corrected chi connectivity index (χ4v) is 1.34. The van der Waals surface area contributed by atoms with Gasteiger partial charge in [-0.2, -0.15) is 0 Å². The molecule has 0 aliphatic rings. The average Bonchev–Trinajstić information content (AvgIpc) is 2.34. The van der Waals surface area contributed by atoms with Gasteiger partial charge in [0.2, 0.25) is 0 Å². The first-order valence-electron chi connectivity index (χ1n) is 5.80. The molecule has 2 nitrogen and oxygen atoms in total. The number of para-hydroxylation sites is 1. The molecule has 0 aromatic heterocycles. The highest BCUT2D eigenvalue weighted by Crippen LogP contribution is 2.18. The zero-order chi connectivity index (χ0) is 11.6. The predicted molar refractivity (Wildman–Crippen MR) is 67.8 cm³/mol. The second-order valence-corrected chi connectivity index (χ2v) is 3.56. The Morgan fingerprint density at radius 1 is 1.19 bits per heavy atom. The molecule has 0 amide bonds. The number of rotatable bonds is 8. The summed E-state index contributed by atoms with van der Waals surface area (Å²) in [5.41, 5.74) is 1.02. The number of hydrogen-bond acceptors (Lipinski definition) is 2. The van der Waals surface area contributed by atoms with Crippen molar-refractivity contribution >= 4 is 6.08 Å². The topological polar surface area (TPSA) is 18.5 Å². The molecule has 0 unspecified atom stereocenters. The van der Waals surface area contributed by atoms with Crippen molar-refractivity contribution in [3.8, 4) is 5.75 Å². The molecule has 0 saturated heterocycles. The predicted octanol–water partition coefficient (Wildman–Crippen LogP) is 3.53. The van der Waals surface area contributed by atoms with E-state index in [1.165, 1.54) is 6.42 Å². The van der Waals surface area contributed by atoms with Gasteiger partial charge in [-0.05, 0) is 12.5 Å². The highest BCUT2D eigenvalue weighted by atomic mass is 16.5. The van der Waals surface area contributed by atoms with Crippen molar-refractivity contribution in [1.82, 2.24) is 0 Å². The van der Waals surface area contributed by atoms with Crippen molar-refractivity contribution < 1.29 is 9.47 Å². The zero-order valence-corrected chi connectivity index (χ0v) is 9.95. The van der Waals surface area contributed by atoms with Crippen molar-refractivity contribution in [3.05, 3.63) is 36.4 Å². The fraction of sp³-hybridized carbons (Fsp3) is 0.429. The van der Waals surface area contributed by atoms with Crippen LogP contribution in [0.25, 0.3) is 6.08 Å². The second kappa shape index (κ2) is 7.94. The summed E-state index contributed by atoms with van der Waals surface area (Å²) in [6.45, 7) is 7.96. The Morgan fingerprint density at radius 3 is 2.75 bits per heavy atom. The van der Waals surface area contributed by atoms with E-state index in [0.29, 0.717) is 13.2 Å². The third kappa shape index (κ3) is 4.49. The fourth-order valence-electron chi connectivity index (χ4n) is 1.34. The van der Waals surface area contributed by atoms with Gasteiger partial charge in [0, 0.05) is 12.2 Å². The Balaban J connectivity index is 2.23. The van der Waals surface area contributed by atoms with E-state index < -0.39 is 0 Å². The monoisotopic (exact) mass is 220 g/mol. The van der Waals surface area contributed by atoms with E-state index >= 15 is 0 Å². The smallest absolute Gasteiger partial charge is 0.126 e. The van der Waals surface area contributed by atoms with Crippen LogP contribution in [0.3, 0.4) is 0 Å². The highest BCUT2D eigenvalue weighted by molar-refractivity contribution is 5.55. The van der Waals surface area contributed by atoms with E-state index in [2.05, 4.69) is 13.5 Å². The van der Waals surface area contributed by atoms with E-state index in [1.54, 1.807) is 6.08 Å². The molecule has 2 heteroatoms. The lowest BCUT2D eigenvalue weighted by Gasteiger charge is -2.09. The van der Waals surface area contributed by atoms with Crippen LogP contribution in [0, 0.1) is 0 Å². The van der Waals surface area contributed by atoms with Gasteiger partial charge in [-0.3, -0.25) is 0 Å². The summed E-state index contributed by atoms with van der Waals surface area (Å²) >= 11 is 0. The summed E-state index contributed by atoms with van der Waals surface area (Å²) in [5, 5.41) is 0. The molecule has 1 aromatic rings. The molecule has 0 saturated carbocycles. The van der Waals surface area contributed by atoms with Crippen LogP contribution in [0.2, 0.25) is 0 Å². The molecule has 16 heavy (non-hydrogen) atoms. The van der Waals surface area contributed by atoms with E-state index in [9.17, 15) is 0 Å². The summed E-state index contributed by atoms with van der Waals surface area (Å²) in [7, 11) is 0. The molecule has 0 N–H and O–H groups in total. The van der Waals surface area contributed by atoms with Gasteiger partial charge in [0.05, 0.1) is 6.61 Å². The third-order valence-corrected chi connectivity index (χ3v) is 2.27. The molecule has 1 aromatic carbocycles. The molecule has 0 spiro atoms. The summed E-state index contributed by atoms with van der Waals surface area (Å²) < 4.78 is 11.0. The van der Waals surface area contributed by atoms with Gasteiger partial charge in [-0.25, -0.2) is 0 Å². The lowest BCUT2D eigenvalue weighted by atomic mass is 10.2. The Hall–Kier alpha value is -1.28. The number of ether oxygens (including phenoxy) is 2. The van der Waals surface area contributed by atoms with Crippen LogP contribution in [-0.4, -0.2) is 19.8 Å². The van der Waals surface area contributed by atoms with Gasteiger partial charge in [0.1, 0.15) is 12.4 Å². The van der Waals surface area contributed by atoms with Gasteiger partial charge < -0.3 is 9.47 Å². The first-order chi connectivity index (χ1) is 7.88. The minimum absolute atomic E-state index is 0.592.